The Labute approximate surface area is 113 Å². The summed E-state index contributed by atoms with van der Waals surface area (Å²) in [5, 5.41) is 0. The number of hydrogen-bond acceptors (Lipinski definition) is 1. The van der Waals surface area contributed by atoms with Gasteiger partial charge in [0.1, 0.15) is 17.5 Å². The van der Waals surface area contributed by atoms with Crippen LogP contribution in [0.2, 0.25) is 0 Å². The van der Waals surface area contributed by atoms with E-state index in [9.17, 15) is 8.78 Å². The SMILES string of the molecule is Fc1cc(F)cc(-n2c(CCl)nc3ccccc32)c1. The lowest BCUT2D eigenvalue weighted by Crippen LogP contribution is -2.00. The van der Waals surface area contributed by atoms with Gasteiger partial charge in [0.2, 0.25) is 0 Å². The standard InChI is InChI=1S/C14H9ClF2N2/c15-8-14-18-12-3-1-2-4-13(12)19(14)11-6-9(16)5-10(17)7-11/h1-7H,8H2. The number of fused-ring (bicyclic) bond motifs is 1. The number of nitrogens with zero attached hydrogens (tertiary/aromatic N) is 2. The van der Waals surface area contributed by atoms with E-state index < -0.39 is 11.6 Å². The zero-order valence-electron chi connectivity index (χ0n) is 9.78. The van der Waals surface area contributed by atoms with Crippen LogP contribution in [0.3, 0.4) is 0 Å². The van der Waals surface area contributed by atoms with Crippen LogP contribution in [0.15, 0.2) is 42.5 Å². The van der Waals surface area contributed by atoms with Gasteiger partial charge in [-0.25, -0.2) is 13.8 Å². The predicted molar refractivity (Wildman–Crippen MR) is 70.5 cm³/mol. The fraction of sp³-hybridized carbons (Fsp3) is 0.0714. The quantitative estimate of drug-likeness (QED) is 0.647. The second-order valence-corrected chi connectivity index (χ2v) is 4.38. The molecule has 0 aliphatic heterocycles. The number of imidazole rings is 1. The van der Waals surface area contributed by atoms with Crippen molar-refractivity contribution < 1.29 is 8.78 Å². The maximum absolute atomic E-state index is 13.3. The number of aromatic nitrogens is 2. The largest absolute Gasteiger partial charge is 0.295 e. The minimum Gasteiger partial charge on any atom is -0.295 e. The monoisotopic (exact) mass is 278 g/mol. The van der Waals surface area contributed by atoms with Gasteiger partial charge in [-0.3, -0.25) is 4.57 Å². The van der Waals surface area contributed by atoms with E-state index in [1.165, 1.54) is 12.1 Å². The molecule has 19 heavy (non-hydrogen) atoms. The molecule has 0 atom stereocenters. The molecular formula is C14H9ClF2N2. The summed E-state index contributed by atoms with van der Waals surface area (Å²) in [6, 6.07) is 10.7. The van der Waals surface area contributed by atoms with Crippen molar-refractivity contribution in [3.05, 3.63) is 59.9 Å². The summed E-state index contributed by atoms with van der Waals surface area (Å²) in [6.07, 6.45) is 0. The van der Waals surface area contributed by atoms with Crippen molar-refractivity contribution in [2.45, 2.75) is 5.88 Å². The average molecular weight is 279 g/mol. The molecule has 0 saturated heterocycles. The lowest BCUT2D eigenvalue weighted by Gasteiger charge is -2.08. The Morgan fingerprint density at radius 1 is 1.05 bits per heavy atom. The molecule has 0 unspecified atom stereocenters. The highest BCUT2D eigenvalue weighted by Crippen LogP contribution is 2.23. The van der Waals surface area contributed by atoms with Gasteiger partial charge < -0.3 is 0 Å². The molecule has 0 amide bonds. The predicted octanol–water partition coefficient (Wildman–Crippen LogP) is 4.04. The summed E-state index contributed by atoms with van der Waals surface area (Å²) >= 11 is 5.86. The minimum absolute atomic E-state index is 0.160. The van der Waals surface area contributed by atoms with E-state index in [2.05, 4.69) is 4.98 Å². The first-order chi connectivity index (χ1) is 9.19. The van der Waals surface area contributed by atoms with Crippen LogP contribution < -0.4 is 0 Å². The van der Waals surface area contributed by atoms with E-state index in [0.717, 1.165) is 17.1 Å². The maximum atomic E-state index is 13.3. The van der Waals surface area contributed by atoms with Gasteiger partial charge in [0, 0.05) is 6.07 Å². The molecule has 0 saturated carbocycles. The Morgan fingerprint density at radius 2 is 1.74 bits per heavy atom. The molecule has 0 aliphatic rings. The molecule has 5 heteroatoms. The first kappa shape index (κ1) is 12.1. The summed E-state index contributed by atoms with van der Waals surface area (Å²) in [7, 11) is 0. The highest BCUT2D eigenvalue weighted by Gasteiger charge is 2.12. The molecule has 1 heterocycles. The third-order valence-corrected chi connectivity index (χ3v) is 3.09. The smallest absolute Gasteiger partial charge is 0.129 e. The van der Waals surface area contributed by atoms with Gasteiger partial charge in [0.25, 0.3) is 0 Å². The van der Waals surface area contributed by atoms with E-state index in [1.54, 1.807) is 4.57 Å². The first-order valence-electron chi connectivity index (χ1n) is 5.68. The van der Waals surface area contributed by atoms with Crippen LogP contribution in [-0.4, -0.2) is 9.55 Å². The van der Waals surface area contributed by atoms with Crippen LogP contribution in [0, 0.1) is 11.6 Å². The molecule has 0 spiro atoms. The topological polar surface area (TPSA) is 17.8 Å². The second kappa shape index (κ2) is 4.63. The highest BCUT2D eigenvalue weighted by molar-refractivity contribution is 6.17. The van der Waals surface area contributed by atoms with Crippen molar-refractivity contribution >= 4 is 22.6 Å². The zero-order chi connectivity index (χ0) is 13.4. The molecule has 0 N–H and O–H groups in total. The number of alkyl halides is 1. The molecule has 96 valence electrons. The molecule has 3 aromatic rings. The lowest BCUT2D eigenvalue weighted by atomic mass is 10.2. The minimum atomic E-state index is -0.631. The van der Waals surface area contributed by atoms with Gasteiger partial charge in [0.05, 0.1) is 22.6 Å². The summed E-state index contributed by atoms with van der Waals surface area (Å²) in [6.45, 7) is 0. The van der Waals surface area contributed by atoms with Crippen molar-refractivity contribution in [1.29, 1.82) is 0 Å². The Morgan fingerprint density at radius 3 is 2.42 bits per heavy atom. The van der Waals surface area contributed by atoms with Gasteiger partial charge in [-0.2, -0.15) is 0 Å². The normalized spacial score (nSPS) is 11.1. The molecule has 2 aromatic carbocycles. The van der Waals surface area contributed by atoms with Crippen LogP contribution in [0.5, 0.6) is 0 Å². The van der Waals surface area contributed by atoms with E-state index >= 15 is 0 Å². The second-order valence-electron chi connectivity index (χ2n) is 4.11. The van der Waals surface area contributed by atoms with Gasteiger partial charge >= 0.3 is 0 Å². The Bertz CT molecular complexity index is 732. The van der Waals surface area contributed by atoms with Crippen LogP contribution in [-0.2, 0) is 5.88 Å². The van der Waals surface area contributed by atoms with Crippen LogP contribution in [0.4, 0.5) is 8.78 Å². The number of hydrogen-bond donors (Lipinski definition) is 0. The maximum Gasteiger partial charge on any atom is 0.129 e. The molecule has 1 aromatic heterocycles. The van der Waals surface area contributed by atoms with Gasteiger partial charge in [0.15, 0.2) is 0 Å². The van der Waals surface area contributed by atoms with Crippen molar-refractivity contribution in [2.75, 3.05) is 0 Å². The Balaban J connectivity index is 2.34. The summed E-state index contributed by atoms with van der Waals surface area (Å²) < 4.78 is 28.4. The number of halogens is 3. The first-order valence-corrected chi connectivity index (χ1v) is 6.21. The van der Waals surface area contributed by atoms with Gasteiger partial charge in [-0.05, 0) is 24.3 Å². The van der Waals surface area contributed by atoms with Gasteiger partial charge in [-0.1, -0.05) is 12.1 Å². The fourth-order valence-corrected chi connectivity index (χ4v) is 2.30. The van der Waals surface area contributed by atoms with Crippen molar-refractivity contribution in [3.8, 4) is 5.69 Å². The van der Waals surface area contributed by atoms with E-state index in [0.29, 0.717) is 11.5 Å². The van der Waals surface area contributed by atoms with Crippen LogP contribution in [0.25, 0.3) is 16.7 Å². The van der Waals surface area contributed by atoms with Crippen LogP contribution >= 0.6 is 11.6 Å². The van der Waals surface area contributed by atoms with Crippen molar-refractivity contribution in [1.82, 2.24) is 9.55 Å². The third-order valence-electron chi connectivity index (χ3n) is 2.86. The van der Waals surface area contributed by atoms with Crippen molar-refractivity contribution in [2.24, 2.45) is 0 Å². The summed E-state index contributed by atoms with van der Waals surface area (Å²) in [5.41, 5.74) is 1.88. The molecule has 0 aliphatic carbocycles. The Hall–Kier alpha value is -1.94. The molecular weight excluding hydrogens is 270 g/mol. The van der Waals surface area contributed by atoms with E-state index in [-0.39, 0.29) is 5.88 Å². The van der Waals surface area contributed by atoms with Crippen LogP contribution in [0.1, 0.15) is 5.82 Å². The lowest BCUT2D eigenvalue weighted by molar-refractivity contribution is 0.581. The molecule has 2 nitrogen and oxygen atoms in total. The molecule has 3 rings (SSSR count). The van der Waals surface area contributed by atoms with Crippen molar-refractivity contribution in [3.63, 3.8) is 0 Å². The van der Waals surface area contributed by atoms with Gasteiger partial charge in [-0.15, -0.1) is 11.6 Å². The zero-order valence-corrected chi connectivity index (χ0v) is 10.5. The number of benzene rings is 2. The molecule has 0 bridgehead atoms. The average Bonchev–Trinajstić information content (AvgIpc) is 2.75. The summed E-state index contributed by atoms with van der Waals surface area (Å²) in [5.74, 6) is -0.554. The molecule has 0 radical (unpaired) electrons. The number of para-hydroxylation sites is 2. The highest BCUT2D eigenvalue weighted by atomic mass is 35.5. The Kier molecular flexibility index (Phi) is 2.95. The summed E-state index contributed by atoms with van der Waals surface area (Å²) in [4.78, 5) is 4.35. The molecule has 0 fully saturated rings. The van der Waals surface area contributed by atoms with E-state index in [1.807, 2.05) is 24.3 Å². The van der Waals surface area contributed by atoms with E-state index in [4.69, 9.17) is 11.6 Å². The third kappa shape index (κ3) is 2.08. The fourth-order valence-electron chi connectivity index (χ4n) is 2.12. The number of rotatable bonds is 2.